The van der Waals surface area contributed by atoms with Crippen molar-refractivity contribution in [1.82, 2.24) is 25.2 Å². The van der Waals surface area contributed by atoms with Gasteiger partial charge in [0.15, 0.2) is 5.96 Å². The zero-order valence-corrected chi connectivity index (χ0v) is 16.0. The predicted octanol–water partition coefficient (Wildman–Crippen LogP) is 1.73. The largest absolute Gasteiger partial charge is 0.376 e. The summed E-state index contributed by atoms with van der Waals surface area (Å²) in [6, 6.07) is 4.02. The van der Waals surface area contributed by atoms with Crippen molar-refractivity contribution in [3.8, 4) is 5.82 Å². The number of hydrogen-bond donors (Lipinski definition) is 2. The highest BCUT2D eigenvalue weighted by molar-refractivity contribution is 14.0. The second-order valence-electron chi connectivity index (χ2n) is 5.44. The SMILES string of the molecule is CN=C(NCc1ccc(-n2ccnc2)nc1)NCC1CCCO1.I. The minimum Gasteiger partial charge on any atom is -0.376 e. The maximum Gasteiger partial charge on any atom is 0.191 e. The van der Waals surface area contributed by atoms with E-state index in [1.807, 2.05) is 29.1 Å². The summed E-state index contributed by atoms with van der Waals surface area (Å²) in [4.78, 5) is 12.7. The lowest BCUT2D eigenvalue weighted by Crippen LogP contribution is -2.40. The fourth-order valence-corrected chi connectivity index (χ4v) is 2.49. The van der Waals surface area contributed by atoms with E-state index in [-0.39, 0.29) is 24.0 Å². The number of aliphatic imine (C=N–C) groups is 1. The van der Waals surface area contributed by atoms with Crippen LogP contribution in [0.4, 0.5) is 0 Å². The molecule has 3 rings (SSSR count). The highest BCUT2D eigenvalue weighted by Gasteiger charge is 2.15. The molecule has 0 radical (unpaired) electrons. The molecule has 1 unspecified atom stereocenters. The Kier molecular flexibility index (Phi) is 7.44. The zero-order valence-electron chi connectivity index (χ0n) is 13.7. The van der Waals surface area contributed by atoms with E-state index >= 15 is 0 Å². The van der Waals surface area contributed by atoms with E-state index in [0.29, 0.717) is 12.6 Å². The smallest absolute Gasteiger partial charge is 0.191 e. The lowest BCUT2D eigenvalue weighted by atomic mass is 10.2. The minimum absolute atomic E-state index is 0. The number of rotatable bonds is 5. The molecule has 0 saturated carbocycles. The van der Waals surface area contributed by atoms with E-state index in [1.165, 1.54) is 0 Å². The molecule has 1 saturated heterocycles. The van der Waals surface area contributed by atoms with Crippen LogP contribution in [0.1, 0.15) is 18.4 Å². The van der Waals surface area contributed by atoms with Crippen LogP contribution in [-0.2, 0) is 11.3 Å². The van der Waals surface area contributed by atoms with Crippen LogP contribution in [0, 0.1) is 0 Å². The topological polar surface area (TPSA) is 76.4 Å². The summed E-state index contributed by atoms with van der Waals surface area (Å²) in [7, 11) is 1.77. The van der Waals surface area contributed by atoms with Gasteiger partial charge in [-0.3, -0.25) is 9.56 Å². The Balaban J connectivity index is 0.00000208. The van der Waals surface area contributed by atoms with Gasteiger partial charge < -0.3 is 15.4 Å². The summed E-state index contributed by atoms with van der Waals surface area (Å²) in [6.07, 6.45) is 9.76. The van der Waals surface area contributed by atoms with Crippen molar-refractivity contribution < 1.29 is 4.74 Å². The average molecular weight is 442 g/mol. The molecule has 0 aromatic carbocycles. The number of ether oxygens (including phenoxy) is 1. The second kappa shape index (κ2) is 9.58. The van der Waals surface area contributed by atoms with Crippen LogP contribution < -0.4 is 10.6 Å². The Morgan fingerprint density at radius 3 is 2.96 bits per heavy atom. The zero-order chi connectivity index (χ0) is 15.9. The van der Waals surface area contributed by atoms with Gasteiger partial charge in [-0.25, -0.2) is 9.97 Å². The van der Waals surface area contributed by atoms with Gasteiger partial charge in [-0.05, 0) is 24.5 Å². The number of halogens is 1. The minimum atomic E-state index is 0. The third kappa shape index (κ3) is 5.17. The highest BCUT2D eigenvalue weighted by atomic mass is 127. The molecule has 2 N–H and O–H groups in total. The fraction of sp³-hybridized carbons (Fsp3) is 0.438. The molecule has 3 heterocycles. The van der Waals surface area contributed by atoms with Crippen LogP contribution in [0.5, 0.6) is 0 Å². The van der Waals surface area contributed by atoms with Crippen LogP contribution in [0.25, 0.3) is 5.82 Å². The molecule has 2 aromatic rings. The Labute approximate surface area is 159 Å². The van der Waals surface area contributed by atoms with E-state index in [4.69, 9.17) is 4.74 Å². The van der Waals surface area contributed by atoms with Crippen molar-refractivity contribution in [1.29, 1.82) is 0 Å². The van der Waals surface area contributed by atoms with E-state index < -0.39 is 0 Å². The first-order chi connectivity index (χ1) is 11.3. The summed E-state index contributed by atoms with van der Waals surface area (Å²) >= 11 is 0. The summed E-state index contributed by atoms with van der Waals surface area (Å²) in [5, 5.41) is 6.58. The van der Waals surface area contributed by atoms with Crippen LogP contribution in [-0.4, -0.2) is 46.8 Å². The molecule has 0 aliphatic carbocycles. The molecule has 1 atom stereocenters. The van der Waals surface area contributed by atoms with E-state index in [2.05, 4.69) is 25.6 Å². The van der Waals surface area contributed by atoms with Crippen molar-refractivity contribution in [3.05, 3.63) is 42.6 Å². The number of pyridine rings is 1. The predicted molar refractivity (Wildman–Crippen MR) is 104 cm³/mol. The fourth-order valence-electron chi connectivity index (χ4n) is 2.49. The third-order valence-corrected chi connectivity index (χ3v) is 3.78. The van der Waals surface area contributed by atoms with Crippen molar-refractivity contribution in [2.75, 3.05) is 20.2 Å². The van der Waals surface area contributed by atoms with Crippen LogP contribution in [0.15, 0.2) is 42.0 Å². The maximum atomic E-state index is 5.60. The van der Waals surface area contributed by atoms with Crippen LogP contribution in [0.3, 0.4) is 0 Å². The molecule has 0 bridgehead atoms. The third-order valence-electron chi connectivity index (χ3n) is 3.78. The van der Waals surface area contributed by atoms with Gasteiger partial charge in [0.1, 0.15) is 12.1 Å². The molecular formula is C16H23IN6O. The lowest BCUT2D eigenvalue weighted by molar-refractivity contribution is 0.114. The molecule has 1 aliphatic rings. The second-order valence-corrected chi connectivity index (χ2v) is 5.44. The van der Waals surface area contributed by atoms with Crippen molar-refractivity contribution in [2.45, 2.75) is 25.5 Å². The first-order valence-electron chi connectivity index (χ1n) is 7.84. The molecule has 0 amide bonds. The summed E-state index contributed by atoms with van der Waals surface area (Å²) < 4.78 is 7.47. The molecule has 24 heavy (non-hydrogen) atoms. The van der Waals surface area contributed by atoms with Crippen LogP contribution in [0.2, 0.25) is 0 Å². The van der Waals surface area contributed by atoms with Gasteiger partial charge >= 0.3 is 0 Å². The summed E-state index contributed by atoms with van der Waals surface area (Å²) in [5.41, 5.74) is 1.09. The monoisotopic (exact) mass is 442 g/mol. The Hall–Kier alpha value is -1.68. The first kappa shape index (κ1) is 18.7. The highest BCUT2D eigenvalue weighted by Crippen LogP contribution is 2.10. The van der Waals surface area contributed by atoms with Gasteiger partial charge in [0, 0.05) is 45.3 Å². The lowest BCUT2D eigenvalue weighted by Gasteiger charge is -2.15. The number of hydrogen-bond acceptors (Lipinski definition) is 4. The number of nitrogens with zero attached hydrogens (tertiary/aromatic N) is 4. The Morgan fingerprint density at radius 2 is 2.33 bits per heavy atom. The number of imidazole rings is 1. The van der Waals surface area contributed by atoms with E-state index in [9.17, 15) is 0 Å². The van der Waals surface area contributed by atoms with Gasteiger partial charge in [0.2, 0.25) is 0 Å². The molecule has 8 heteroatoms. The molecule has 2 aromatic heterocycles. The van der Waals surface area contributed by atoms with Crippen molar-refractivity contribution >= 4 is 29.9 Å². The van der Waals surface area contributed by atoms with E-state index in [0.717, 1.165) is 43.3 Å². The van der Waals surface area contributed by atoms with Gasteiger partial charge in [0.05, 0.1) is 6.10 Å². The van der Waals surface area contributed by atoms with E-state index in [1.54, 1.807) is 19.6 Å². The maximum absolute atomic E-state index is 5.60. The number of guanidine groups is 1. The molecular weight excluding hydrogens is 419 g/mol. The van der Waals surface area contributed by atoms with Gasteiger partial charge in [-0.2, -0.15) is 0 Å². The van der Waals surface area contributed by atoms with Crippen LogP contribution >= 0.6 is 24.0 Å². The molecule has 1 fully saturated rings. The van der Waals surface area contributed by atoms with Crippen molar-refractivity contribution in [2.24, 2.45) is 4.99 Å². The Bertz CT molecular complexity index is 623. The van der Waals surface area contributed by atoms with Gasteiger partial charge in [0.25, 0.3) is 0 Å². The quantitative estimate of drug-likeness (QED) is 0.419. The van der Waals surface area contributed by atoms with Gasteiger partial charge in [-0.15, -0.1) is 24.0 Å². The number of aromatic nitrogens is 3. The molecule has 130 valence electrons. The number of nitrogens with one attached hydrogen (secondary N) is 2. The molecule has 1 aliphatic heterocycles. The summed E-state index contributed by atoms with van der Waals surface area (Å²) in [5.74, 6) is 1.63. The van der Waals surface area contributed by atoms with Crippen molar-refractivity contribution in [3.63, 3.8) is 0 Å². The standard InChI is InChI=1S/C16H22N6O.HI/c1-17-16(21-11-14-3-2-8-23-14)20-10-13-4-5-15(19-9-13)22-7-6-18-12-22;/h4-7,9,12,14H,2-3,8,10-11H2,1H3,(H2,17,20,21);1H. The molecule has 0 spiro atoms. The average Bonchev–Trinajstić information content (AvgIpc) is 3.29. The first-order valence-corrected chi connectivity index (χ1v) is 7.84. The molecule has 7 nitrogen and oxygen atoms in total. The summed E-state index contributed by atoms with van der Waals surface area (Å²) in [6.45, 7) is 2.33. The van der Waals surface area contributed by atoms with Gasteiger partial charge in [-0.1, -0.05) is 6.07 Å². The Morgan fingerprint density at radius 1 is 1.42 bits per heavy atom. The normalized spacial score (nSPS) is 17.4.